The Morgan fingerprint density at radius 2 is 1.81 bits per heavy atom. The Bertz CT molecular complexity index is 612. The van der Waals surface area contributed by atoms with E-state index in [1.54, 1.807) is 12.1 Å². The predicted molar refractivity (Wildman–Crippen MR) is 80.5 cm³/mol. The first-order valence-corrected chi connectivity index (χ1v) is 7.12. The summed E-state index contributed by atoms with van der Waals surface area (Å²) < 4.78 is 13.0. The highest BCUT2D eigenvalue weighted by atomic mass is 19.1. The summed E-state index contributed by atoms with van der Waals surface area (Å²) >= 11 is 0. The molecule has 1 fully saturated rings. The van der Waals surface area contributed by atoms with Crippen molar-refractivity contribution in [3.63, 3.8) is 0 Å². The van der Waals surface area contributed by atoms with Gasteiger partial charge in [0.2, 0.25) is 0 Å². The Balaban J connectivity index is 1.74. The van der Waals surface area contributed by atoms with Gasteiger partial charge in [-0.15, -0.1) is 0 Å². The van der Waals surface area contributed by atoms with E-state index in [4.69, 9.17) is 0 Å². The number of benzene rings is 2. The highest BCUT2D eigenvalue weighted by Gasteiger charge is 2.29. The first-order chi connectivity index (χ1) is 10.2. The van der Waals surface area contributed by atoms with Crippen LogP contribution in [-0.4, -0.2) is 17.5 Å². The van der Waals surface area contributed by atoms with Gasteiger partial charge in [0.25, 0.3) is 0 Å². The van der Waals surface area contributed by atoms with Gasteiger partial charge in [-0.3, -0.25) is 0 Å². The van der Waals surface area contributed by atoms with Crippen LogP contribution in [-0.2, 0) is 0 Å². The van der Waals surface area contributed by atoms with Crippen molar-refractivity contribution in [2.45, 2.75) is 18.9 Å². The Labute approximate surface area is 123 Å². The number of halogens is 1. The zero-order chi connectivity index (χ0) is 14.7. The summed E-state index contributed by atoms with van der Waals surface area (Å²) in [6.07, 6.45) is 1.87. The molecule has 2 amide bonds. The SMILES string of the molecule is O=C(Nc1ccccc1)N1CCC[C@@H]1c1ccc(F)cc1. The summed E-state index contributed by atoms with van der Waals surface area (Å²) in [6, 6.07) is 15.7. The fourth-order valence-electron chi connectivity index (χ4n) is 2.76. The maximum absolute atomic E-state index is 13.0. The Kier molecular flexibility index (Phi) is 3.86. The third kappa shape index (κ3) is 3.05. The van der Waals surface area contributed by atoms with Crippen molar-refractivity contribution >= 4 is 11.7 Å². The van der Waals surface area contributed by atoms with Crippen molar-refractivity contribution in [2.24, 2.45) is 0 Å². The minimum atomic E-state index is -0.253. The average Bonchev–Trinajstić information content (AvgIpc) is 2.98. The molecule has 1 aliphatic rings. The standard InChI is InChI=1S/C17H17FN2O/c18-14-10-8-13(9-11-14)16-7-4-12-20(16)17(21)19-15-5-2-1-3-6-15/h1-3,5-6,8-11,16H,4,7,12H2,(H,19,21)/t16-/m1/s1. The normalized spacial score (nSPS) is 17.8. The van der Waals surface area contributed by atoms with Gasteiger partial charge in [-0.05, 0) is 42.7 Å². The molecule has 1 atom stereocenters. The molecule has 0 unspecified atom stereocenters. The fraction of sp³-hybridized carbons (Fsp3) is 0.235. The third-order valence-electron chi connectivity index (χ3n) is 3.79. The smallest absolute Gasteiger partial charge is 0.317 e. The van der Waals surface area contributed by atoms with Crippen LogP contribution in [0.5, 0.6) is 0 Å². The number of nitrogens with zero attached hydrogens (tertiary/aromatic N) is 1. The molecule has 1 aliphatic heterocycles. The second kappa shape index (κ2) is 5.95. The molecule has 0 spiro atoms. The molecule has 0 bridgehead atoms. The molecule has 0 radical (unpaired) electrons. The highest BCUT2D eigenvalue weighted by molar-refractivity contribution is 5.89. The number of hydrogen-bond donors (Lipinski definition) is 1. The zero-order valence-electron chi connectivity index (χ0n) is 11.6. The predicted octanol–water partition coefficient (Wildman–Crippen LogP) is 4.19. The van der Waals surface area contributed by atoms with Gasteiger partial charge < -0.3 is 10.2 Å². The number of carbonyl (C=O) groups is 1. The van der Waals surface area contributed by atoms with Crippen molar-refractivity contribution in [1.29, 1.82) is 0 Å². The lowest BCUT2D eigenvalue weighted by atomic mass is 10.0. The van der Waals surface area contributed by atoms with Gasteiger partial charge in [-0.2, -0.15) is 0 Å². The van der Waals surface area contributed by atoms with Gasteiger partial charge in [0, 0.05) is 12.2 Å². The van der Waals surface area contributed by atoms with E-state index in [0.717, 1.165) is 30.6 Å². The second-order valence-electron chi connectivity index (χ2n) is 5.20. The number of urea groups is 1. The largest absolute Gasteiger partial charge is 0.322 e. The van der Waals surface area contributed by atoms with E-state index in [1.807, 2.05) is 35.2 Å². The van der Waals surface area contributed by atoms with Gasteiger partial charge in [-0.25, -0.2) is 9.18 Å². The lowest BCUT2D eigenvalue weighted by molar-refractivity contribution is 0.207. The van der Waals surface area contributed by atoms with Crippen LogP contribution < -0.4 is 5.32 Å². The van der Waals surface area contributed by atoms with Crippen LogP contribution in [0.15, 0.2) is 54.6 Å². The van der Waals surface area contributed by atoms with Crippen molar-refractivity contribution in [3.05, 3.63) is 66.0 Å². The van der Waals surface area contributed by atoms with Gasteiger partial charge in [0.05, 0.1) is 6.04 Å². The molecule has 108 valence electrons. The summed E-state index contributed by atoms with van der Waals surface area (Å²) in [6.45, 7) is 0.723. The minimum Gasteiger partial charge on any atom is -0.317 e. The van der Waals surface area contributed by atoms with E-state index in [-0.39, 0.29) is 17.9 Å². The molecule has 3 rings (SSSR count). The summed E-state index contributed by atoms with van der Waals surface area (Å²) in [5.41, 5.74) is 1.77. The van der Waals surface area contributed by atoms with Gasteiger partial charge in [-0.1, -0.05) is 30.3 Å². The van der Waals surface area contributed by atoms with Crippen molar-refractivity contribution in [2.75, 3.05) is 11.9 Å². The number of rotatable bonds is 2. The fourth-order valence-corrected chi connectivity index (χ4v) is 2.76. The van der Waals surface area contributed by atoms with Crippen LogP contribution in [0.2, 0.25) is 0 Å². The number of amides is 2. The van der Waals surface area contributed by atoms with E-state index in [0.29, 0.717) is 0 Å². The van der Waals surface area contributed by atoms with Gasteiger partial charge in [0.1, 0.15) is 5.82 Å². The molecule has 2 aromatic rings. The third-order valence-corrected chi connectivity index (χ3v) is 3.79. The number of hydrogen-bond acceptors (Lipinski definition) is 1. The minimum absolute atomic E-state index is 0.0225. The quantitative estimate of drug-likeness (QED) is 0.881. The topological polar surface area (TPSA) is 32.3 Å². The molecule has 0 aromatic heterocycles. The Hall–Kier alpha value is -2.36. The van der Waals surface area contributed by atoms with E-state index in [1.165, 1.54) is 12.1 Å². The van der Waals surface area contributed by atoms with Crippen LogP contribution in [0.1, 0.15) is 24.4 Å². The van der Waals surface area contributed by atoms with Crippen LogP contribution >= 0.6 is 0 Å². The molecule has 1 saturated heterocycles. The lowest BCUT2D eigenvalue weighted by Gasteiger charge is -2.25. The lowest BCUT2D eigenvalue weighted by Crippen LogP contribution is -2.34. The molecule has 21 heavy (non-hydrogen) atoms. The van der Waals surface area contributed by atoms with E-state index in [9.17, 15) is 9.18 Å². The Morgan fingerprint density at radius 1 is 1.10 bits per heavy atom. The highest BCUT2D eigenvalue weighted by Crippen LogP contribution is 2.32. The van der Waals surface area contributed by atoms with Crippen LogP contribution in [0, 0.1) is 5.82 Å². The van der Waals surface area contributed by atoms with Crippen molar-refractivity contribution in [3.8, 4) is 0 Å². The van der Waals surface area contributed by atoms with Gasteiger partial charge in [0.15, 0.2) is 0 Å². The molecule has 4 heteroatoms. The molecule has 0 aliphatic carbocycles. The average molecular weight is 284 g/mol. The number of carbonyl (C=O) groups excluding carboxylic acids is 1. The molecular weight excluding hydrogens is 267 g/mol. The summed E-state index contributed by atoms with van der Waals surface area (Å²) in [5, 5.41) is 2.91. The van der Waals surface area contributed by atoms with Crippen molar-refractivity contribution < 1.29 is 9.18 Å². The molecule has 0 saturated carbocycles. The first kappa shape index (κ1) is 13.6. The van der Waals surface area contributed by atoms with Crippen LogP contribution in [0.4, 0.5) is 14.9 Å². The summed E-state index contributed by atoms with van der Waals surface area (Å²) in [5.74, 6) is -0.253. The van der Waals surface area contributed by atoms with Crippen LogP contribution in [0.25, 0.3) is 0 Å². The first-order valence-electron chi connectivity index (χ1n) is 7.12. The van der Waals surface area contributed by atoms with E-state index in [2.05, 4.69) is 5.32 Å². The maximum Gasteiger partial charge on any atom is 0.322 e. The van der Waals surface area contributed by atoms with Gasteiger partial charge >= 0.3 is 6.03 Å². The number of para-hydroxylation sites is 1. The summed E-state index contributed by atoms with van der Waals surface area (Å²) in [4.78, 5) is 14.2. The van der Waals surface area contributed by atoms with E-state index >= 15 is 0 Å². The number of nitrogens with one attached hydrogen (secondary N) is 1. The Morgan fingerprint density at radius 3 is 2.52 bits per heavy atom. The second-order valence-corrected chi connectivity index (χ2v) is 5.20. The molecular formula is C17H17FN2O. The molecule has 1 N–H and O–H groups in total. The molecule has 3 nitrogen and oxygen atoms in total. The zero-order valence-corrected chi connectivity index (χ0v) is 11.6. The number of anilines is 1. The number of likely N-dealkylation sites (tertiary alicyclic amines) is 1. The maximum atomic E-state index is 13.0. The van der Waals surface area contributed by atoms with Crippen LogP contribution in [0.3, 0.4) is 0 Å². The summed E-state index contributed by atoms with van der Waals surface area (Å²) in [7, 11) is 0. The monoisotopic (exact) mass is 284 g/mol. The van der Waals surface area contributed by atoms with E-state index < -0.39 is 0 Å². The molecule has 1 heterocycles. The van der Waals surface area contributed by atoms with Crippen molar-refractivity contribution in [1.82, 2.24) is 4.90 Å². The molecule has 2 aromatic carbocycles.